The van der Waals surface area contributed by atoms with Gasteiger partial charge in [-0.3, -0.25) is 38.9 Å². The molecule has 2 aromatic carbocycles. The third-order valence-corrected chi connectivity index (χ3v) is 12.3. The zero-order chi connectivity index (χ0) is 41.4. The Bertz CT molecular complexity index is 2290. The van der Waals surface area contributed by atoms with Crippen LogP contribution in [0.2, 0.25) is 0 Å². The van der Waals surface area contributed by atoms with E-state index in [1.165, 1.54) is 25.3 Å². The molecule has 0 radical (unpaired) electrons. The maximum absolute atomic E-state index is 13.8. The molecule has 2 aromatic heterocycles. The predicted octanol–water partition coefficient (Wildman–Crippen LogP) is 6.15. The molecular weight excluding hydrogens is 763 g/mol. The Balaban J connectivity index is 0.793. The lowest BCUT2D eigenvalue weighted by Gasteiger charge is -2.36. The number of pyridine rings is 1. The summed E-state index contributed by atoms with van der Waals surface area (Å²) in [6, 6.07) is 11.9. The number of nitrogens with zero attached hydrogens (tertiary/aromatic N) is 5. The van der Waals surface area contributed by atoms with Crippen LogP contribution in [0.5, 0.6) is 5.75 Å². The number of imide groups is 2. The van der Waals surface area contributed by atoms with Crippen LogP contribution in [0, 0.1) is 11.8 Å². The Kier molecular flexibility index (Phi) is 11.2. The summed E-state index contributed by atoms with van der Waals surface area (Å²) in [5.74, 6) is -4.26. The molecule has 0 bridgehead atoms. The maximum Gasteiger partial charge on any atom is 0.287 e. The Hall–Kier alpha value is -5.77. The normalized spacial score (nSPS) is 21.8. The van der Waals surface area contributed by atoms with Crippen LogP contribution in [0.1, 0.15) is 108 Å². The summed E-state index contributed by atoms with van der Waals surface area (Å²) in [5, 5.41) is 14.1. The van der Waals surface area contributed by atoms with E-state index in [1.807, 2.05) is 10.9 Å². The molecule has 3 aliphatic heterocycles. The number of carbonyl (C=O) groups is 5. The fourth-order valence-electron chi connectivity index (χ4n) is 9.01. The highest BCUT2D eigenvalue weighted by molar-refractivity contribution is 6.25. The quantitative estimate of drug-likeness (QED) is 0.141. The number of aromatic nitrogens is 3. The lowest BCUT2D eigenvalue weighted by molar-refractivity contribution is -0.136. The summed E-state index contributed by atoms with van der Waals surface area (Å²) in [4.78, 5) is 71.2. The molecule has 1 aliphatic carbocycles. The number of halogens is 2. The molecule has 3 N–H and O–H groups in total. The van der Waals surface area contributed by atoms with Crippen molar-refractivity contribution in [2.45, 2.75) is 82.7 Å². The smallest absolute Gasteiger partial charge is 0.287 e. The Morgan fingerprint density at radius 1 is 0.932 bits per heavy atom. The van der Waals surface area contributed by atoms with Gasteiger partial charge in [-0.25, -0.2) is 4.98 Å². The molecule has 2 saturated heterocycles. The van der Waals surface area contributed by atoms with Crippen LogP contribution in [-0.2, 0) is 15.5 Å². The van der Waals surface area contributed by atoms with E-state index in [0.29, 0.717) is 35.5 Å². The second kappa shape index (κ2) is 16.5. The number of hydrogen-bond donors (Lipinski definition) is 3. The average molecular weight is 811 g/mol. The molecule has 310 valence electrons. The van der Waals surface area contributed by atoms with Gasteiger partial charge in [0.25, 0.3) is 23.6 Å². The van der Waals surface area contributed by atoms with Gasteiger partial charge in [0.15, 0.2) is 0 Å². The van der Waals surface area contributed by atoms with Gasteiger partial charge in [-0.2, -0.15) is 13.9 Å². The number of carbonyl (C=O) groups excluding carboxylic acids is 5. The first-order valence-electron chi connectivity index (χ1n) is 20.4. The van der Waals surface area contributed by atoms with E-state index in [-0.39, 0.29) is 35.7 Å². The molecule has 14 nitrogen and oxygen atoms in total. The summed E-state index contributed by atoms with van der Waals surface area (Å²) in [6.45, 7) is 4.55. The van der Waals surface area contributed by atoms with Gasteiger partial charge in [-0.05, 0) is 107 Å². The summed E-state index contributed by atoms with van der Waals surface area (Å²) in [6.07, 6.45) is 9.52. The molecule has 5 heterocycles. The van der Waals surface area contributed by atoms with Gasteiger partial charge in [0.05, 0.1) is 35.5 Å². The van der Waals surface area contributed by atoms with E-state index in [0.717, 1.165) is 87.3 Å². The zero-order valence-electron chi connectivity index (χ0n) is 33.1. The van der Waals surface area contributed by atoms with Gasteiger partial charge in [0, 0.05) is 49.8 Å². The number of amides is 5. The minimum atomic E-state index is -3.17. The van der Waals surface area contributed by atoms with E-state index in [2.05, 4.69) is 25.8 Å². The summed E-state index contributed by atoms with van der Waals surface area (Å²) in [7, 11) is 1.50. The van der Waals surface area contributed by atoms with Gasteiger partial charge in [-0.1, -0.05) is 12.1 Å². The third kappa shape index (κ3) is 8.40. The number of ether oxygens (including phenoxy) is 1. The summed E-state index contributed by atoms with van der Waals surface area (Å²) in [5.41, 5.74) is 1.69. The van der Waals surface area contributed by atoms with Crippen LogP contribution in [0.15, 0.2) is 54.7 Å². The number of methoxy groups -OCH3 is 1. The average Bonchev–Trinajstić information content (AvgIpc) is 3.75. The lowest BCUT2D eigenvalue weighted by atomic mass is 9.85. The summed E-state index contributed by atoms with van der Waals surface area (Å²) < 4.78 is 35.2. The highest BCUT2D eigenvalue weighted by Crippen LogP contribution is 2.37. The molecular formula is C43H48F2N8O6. The molecule has 4 aromatic rings. The van der Waals surface area contributed by atoms with Crippen molar-refractivity contribution in [3.63, 3.8) is 0 Å². The number of nitrogens with one attached hydrogen (secondary N) is 3. The fraction of sp³-hybridized carbons (Fsp3) is 0.465. The topological polar surface area (TPSA) is 168 Å². The zero-order valence-corrected chi connectivity index (χ0v) is 33.1. The first-order chi connectivity index (χ1) is 28.4. The minimum absolute atomic E-state index is 0.0797. The van der Waals surface area contributed by atoms with Gasteiger partial charge in [0.1, 0.15) is 23.2 Å². The number of hydrogen-bond acceptors (Lipinski definition) is 10. The lowest BCUT2D eigenvalue weighted by Crippen LogP contribution is -2.54. The molecule has 0 unspecified atom stereocenters. The molecule has 59 heavy (non-hydrogen) atoms. The van der Waals surface area contributed by atoms with Crippen molar-refractivity contribution < 1.29 is 37.5 Å². The van der Waals surface area contributed by atoms with Crippen molar-refractivity contribution in [2.24, 2.45) is 11.8 Å². The van der Waals surface area contributed by atoms with E-state index in [4.69, 9.17) is 9.84 Å². The number of likely N-dealkylation sites (tertiary alicyclic amines) is 1. The van der Waals surface area contributed by atoms with Gasteiger partial charge in [-0.15, -0.1) is 0 Å². The van der Waals surface area contributed by atoms with Crippen LogP contribution in [-0.4, -0.2) is 93.4 Å². The molecule has 0 spiro atoms. The van der Waals surface area contributed by atoms with Crippen molar-refractivity contribution in [2.75, 3.05) is 43.9 Å². The molecule has 4 aliphatic rings. The Morgan fingerprint density at radius 3 is 2.42 bits per heavy atom. The summed E-state index contributed by atoms with van der Waals surface area (Å²) >= 11 is 0. The molecule has 16 heteroatoms. The van der Waals surface area contributed by atoms with E-state index < -0.39 is 47.2 Å². The van der Waals surface area contributed by atoms with Crippen molar-refractivity contribution in [1.29, 1.82) is 0 Å². The van der Waals surface area contributed by atoms with E-state index >= 15 is 0 Å². The molecule has 3 fully saturated rings. The van der Waals surface area contributed by atoms with Crippen LogP contribution in [0.3, 0.4) is 0 Å². The van der Waals surface area contributed by atoms with Crippen molar-refractivity contribution >= 4 is 51.8 Å². The van der Waals surface area contributed by atoms with Crippen molar-refractivity contribution in [3.8, 4) is 5.75 Å². The third-order valence-electron chi connectivity index (χ3n) is 12.3. The number of fused-ring (bicyclic) bond motifs is 2. The van der Waals surface area contributed by atoms with Crippen LogP contribution >= 0.6 is 0 Å². The van der Waals surface area contributed by atoms with Crippen LogP contribution in [0.25, 0.3) is 10.9 Å². The van der Waals surface area contributed by atoms with Gasteiger partial charge < -0.3 is 20.3 Å². The van der Waals surface area contributed by atoms with E-state index in [1.54, 1.807) is 30.3 Å². The Morgan fingerprint density at radius 2 is 1.69 bits per heavy atom. The van der Waals surface area contributed by atoms with Gasteiger partial charge >= 0.3 is 0 Å². The van der Waals surface area contributed by atoms with Crippen molar-refractivity contribution in [1.82, 2.24) is 29.9 Å². The maximum atomic E-state index is 13.8. The van der Waals surface area contributed by atoms with Crippen molar-refractivity contribution in [3.05, 3.63) is 77.2 Å². The first-order valence-corrected chi connectivity index (χ1v) is 20.4. The highest BCUT2D eigenvalue weighted by Gasteiger charge is 2.45. The molecule has 1 atom stereocenters. The standard InChI is InChI=1S/C43H48F2N8O6/c1-43(44,45)36-8-4-7-31(47-36)39(55)48-33-21-27-24-52(50-32(27)22-35(33)59-2)28-11-9-26(10-12-28)23-51-19-16-25(17-20-51)15-18-46-30-6-3-5-29-38(30)42(58)53(41(29)57)34-13-14-37(54)49-40(34)56/h3-8,21-22,24-26,28,34,46H,9-20,23H2,1-2H3,(H,48,55)(H,49,54,56)/t26?,28?,34-/m1/s1. The predicted molar refractivity (Wildman–Crippen MR) is 214 cm³/mol. The second-order valence-electron chi connectivity index (χ2n) is 16.3. The molecule has 1 saturated carbocycles. The number of benzene rings is 2. The highest BCUT2D eigenvalue weighted by atomic mass is 19.3. The number of piperidine rings is 2. The minimum Gasteiger partial charge on any atom is -0.494 e. The van der Waals surface area contributed by atoms with Crippen LogP contribution < -0.4 is 20.7 Å². The second-order valence-corrected chi connectivity index (χ2v) is 16.3. The molecule has 8 rings (SSSR count). The number of alkyl halides is 2. The largest absolute Gasteiger partial charge is 0.494 e. The fourth-order valence-corrected chi connectivity index (χ4v) is 9.01. The number of rotatable bonds is 12. The van der Waals surface area contributed by atoms with Crippen LogP contribution in [0.4, 0.5) is 20.2 Å². The monoisotopic (exact) mass is 810 g/mol. The first kappa shape index (κ1) is 40.0. The Labute approximate surface area is 340 Å². The number of anilines is 2. The SMILES string of the molecule is COc1cc2nn(C3CCC(CN4CCC(CCNc5cccc6c5C(=O)N([C@@H]5CCC(=O)NC5=O)C6=O)CC4)CC3)cc2cc1NC(=O)c1cccc(C(C)(F)F)n1. The van der Waals surface area contributed by atoms with E-state index in [9.17, 15) is 32.8 Å². The van der Waals surface area contributed by atoms with Gasteiger partial charge in [0.2, 0.25) is 11.8 Å². The molecule has 5 amide bonds.